The van der Waals surface area contributed by atoms with Crippen molar-refractivity contribution in [2.75, 3.05) is 0 Å². The molecule has 2 heterocycles. The van der Waals surface area contributed by atoms with E-state index in [9.17, 15) is 5.26 Å². The Balaban J connectivity index is 1.76. The van der Waals surface area contributed by atoms with Gasteiger partial charge in [0.05, 0.1) is 28.8 Å². The molecule has 2 aromatic heterocycles. The van der Waals surface area contributed by atoms with Gasteiger partial charge in [0.2, 0.25) is 0 Å². The maximum Gasteiger partial charge on any atom is 0.151 e. The molecule has 28 heavy (non-hydrogen) atoms. The van der Waals surface area contributed by atoms with Crippen molar-refractivity contribution in [3.8, 4) is 6.07 Å². The lowest BCUT2D eigenvalue weighted by molar-refractivity contribution is 0.680. The topological polar surface area (TPSA) is 59.4 Å². The van der Waals surface area contributed by atoms with Crippen LogP contribution >= 0.6 is 11.6 Å². The molecule has 0 N–H and O–H groups in total. The van der Waals surface area contributed by atoms with Gasteiger partial charge < -0.3 is 4.57 Å². The zero-order valence-corrected chi connectivity index (χ0v) is 16.4. The van der Waals surface area contributed by atoms with Crippen LogP contribution < -0.4 is 0 Å². The van der Waals surface area contributed by atoms with Crippen LogP contribution in [0.4, 0.5) is 0 Å². The lowest BCUT2D eigenvalue weighted by Crippen LogP contribution is -2.01. The molecule has 2 aromatic carbocycles. The highest BCUT2D eigenvalue weighted by atomic mass is 35.5. The van der Waals surface area contributed by atoms with Gasteiger partial charge in [0.25, 0.3) is 0 Å². The molecular weight excluding hydrogens is 370 g/mol. The van der Waals surface area contributed by atoms with Gasteiger partial charge in [-0.25, -0.2) is 9.67 Å². The van der Waals surface area contributed by atoms with Crippen LogP contribution in [0.15, 0.2) is 54.6 Å². The molecule has 0 spiro atoms. The van der Waals surface area contributed by atoms with Gasteiger partial charge >= 0.3 is 0 Å². The summed E-state index contributed by atoms with van der Waals surface area (Å²) in [5.74, 6) is 0.606. The summed E-state index contributed by atoms with van der Waals surface area (Å²) in [5, 5.41) is 14.8. The number of nitriles is 1. The predicted molar refractivity (Wildman–Crippen MR) is 112 cm³/mol. The van der Waals surface area contributed by atoms with Crippen molar-refractivity contribution in [1.82, 2.24) is 19.3 Å². The maximum atomic E-state index is 9.77. The molecule has 6 heteroatoms. The van der Waals surface area contributed by atoms with E-state index < -0.39 is 0 Å². The van der Waals surface area contributed by atoms with E-state index in [1.54, 1.807) is 10.8 Å². The Morgan fingerprint density at radius 3 is 2.57 bits per heavy atom. The average Bonchev–Trinajstić information content (AvgIpc) is 3.18. The third-order valence-corrected chi connectivity index (χ3v) is 5.12. The quantitative estimate of drug-likeness (QED) is 0.470. The van der Waals surface area contributed by atoms with Gasteiger partial charge in [-0.05, 0) is 30.7 Å². The van der Waals surface area contributed by atoms with Crippen LogP contribution in [0, 0.1) is 18.3 Å². The van der Waals surface area contributed by atoms with Crippen molar-refractivity contribution in [2.24, 2.45) is 7.05 Å². The number of hydrogen-bond acceptors (Lipinski definition) is 3. The van der Waals surface area contributed by atoms with Gasteiger partial charge in [0.15, 0.2) is 5.82 Å². The second kappa shape index (κ2) is 7.34. The van der Waals surface area contributed by atoms with Gasteiger partial charge in [0, 0.05) is 12.6 Å². The fourth-order valence-corrected chi connectivity index (χ4v) is 3.56. The molecule has 0 amide bonds. The molecule has 4 aromatic rings. The van der Waals surface area contributed by atoms with Gasteiger partial charge in [-0.15, -0.1) is 0 Å². The van der Waals surface area contributed by atoms with Crippen molar-refractivity contribution < 1.29 is 0 Å². The maximum absolute atomic E-state index is 9.77. The van der Waals surface area contributed by atoms with E-state index in [1.807, 2.05) is 73.1 Å². The Morgan fingerprint density at radius 2 is 1.86 bits per heavy atom. The minimum absolute atomic E-state index is 0.447. The number of benzene rings is 2. The van der Waals surface area contributed by atoms with E-state index in [2.05, 4.69) is 16.2 Å². The molecular formula is C22H18ClN5. The third kappa shape index (κ3) is 3.19. The van der Waals surface area contributed by atoms with E-state index >= 15 is 0 Å². The van der Waals surface area contributed by atoms with Crippen LogP contribution in [0.2, 0.25) is 5.15 Å². The number of para-hydroxylation sites is 2. The summed E-state index contributed by atoms with van der Waals surface area (Å²) >= 11 is 6.61. The minimum Gasteiger partial charge on any atom is -0.327 e. The fourth-order valence-electron chi connectivity index (χ4n) is 3.27. The van der Waals surface area contributed by atoms with Gasteiger partial charge in [-0.2, -0.15) is 10.4 Å². The first kappa shape index (κ1) is 18.0. The number of halogens is 1. The Labute approximate surface area is 168 Å². The van der Waals surface area contributed by atoms with Gasteiger partial charge in [-0.3, -0.25) is 0 Å². The first-order valence-electron chi connectivity index (χ1n) is 8.89. The predicted octanol–water partition coefficient (Wildman–Crippen LogP) is 4.84. The normalized spacial score (nSPS) is 11.7. The largest absolute Gasteiger partial charge is 0.327 e. The number of imidazole rings is 1. The third-order valence-electron chi connectivity index (χ3n) is 4.72. The van der Waals surface area contributed by atoms with Crippen LogP contribution in [-0.4, -0.2) is 19.3 Å². The molecule has 5 nitrogen and oxygen atoms in total. The second-order valence-corrected chi connectivity index (χ2v) is 6.94. The lowest BCUT2D eigenvalue weighted by atomic mass is 10.1. The van der Waals surface area contributed by atoms with E-state index in [0.717, 1.165) is 27.9 Å². The summed E-state index contributed by atoms with van der Waals surface area (Å²) in [6.07, 6.45) is 1.77. The number of fused-ring (bicyclic) bond motifs is 1. The van der Waals surface area contributed by atoms with E-state index in [0.29, 0.717) is 23.1 Å². The van der Waals surface area contributed by atoms with Crippen LogP contribution in [0.1, 0.15) is 22.6 Å². The molecule has 0 fully saturated rings. The van der Waals surface area contributed by atoms with Crippen molar-refractivity contribution in [3.63, 3.8) is 0 Å². The first-order chi connectivity index (χ1) is 13.6. The number of hydrogen-bond donors (Lipinski definition) is 0. The van der Waals surface area contributed by atoms with E-state index in [-0.39, 0.29) is 0 Å². The molecule has 0 atom stereocenters. The summed E-state index contributed by atoms with van der Waals surface area (Å²) in [6.45, 7) is 2.46. The van der Waals surface area contributed by atoms with Crippen molar-refractivity contribution in [2.45, 2.75) is 13.5 Å². The number of aryl methyl sites for hydroxylation is 2. The highest BCUT2D eigenvalue weighted by Crippen LogP contribution is 2.27. The van der Waals surface area contributed by atoms with Crippen LogP contribution in [-0.2, 0) is 13.6 Å². The monoisotopic (exact) mass is 387 g/mol. The van der Waals surface area contributed by atoms with Crippen LogP contribution in [0.25, 0.3) is 22.7 Å². The molecule has 0 aliphatic carbocycles. The SMILES string of the molecule is Cc1nn(Cc2ccccc2)c(Cl)c1/C=C(\C#N)c1nc2ccccc2n1C. The van der Waals surface area contributed by atoms with Gasteiger partial charge in [-0.1, -0.05) is 54.1 Å². The molecule has 138 valence electrons. The zero-order chi connectivity index (χ0) is 19.7. The number of rotatable bonds is 4. The van der Waals surface area contributed by atoms with E-state index in [1.165, 1.54) is 0 Å². The van der Waals surface area contributed by atoms with Crippen LogP contribution in [0.5, 0.6) is 0 Å². The number of aromatic nitrogens is 4. The number of allylic oxidation sites excluding steroid dienone is 1. The summed E-state index contributed by atoms with van der Waals surface area (Å²) < 4.78 is 3.67. The van der Waals surface area contributed by atoms with Crippen LogP contribution in [0.3, 0.4) is 0 Å². The molecule has 0 bridgehead atoms. The fraction of sp³-hybridized carbons (Fsp3) is 0.136. The second-order valence-electron chi connectivity index (χ2n) is 6.59. The summed E-state index contributed by atoms with van der Waals surface area (Å²) in [4.78, 5) is 4.62. The smallest absolute Gasteiger partial charge is 0.151 e. The van der Waals surface area contributed by atoms with Crippen molar-refractivity contribution in [1.29, 1.82) is 5.26 Å². The molecule has 0 radical (unpaired) electrons. The molecule has 4 rings (SSSR count). The molecule has 0 unspecified atom stereocenters. The van der Waals surface area contributed by atoms with Gasteiger partial charge in [0.1, 0.15) is 11.2 Å². The molecule has 0 aliphatic heterocycles. The summed E-state index contributed by atoms with van der Waals surface area (Å²) in [5.41, 5.74) is 4.89. The Hall–Kier alpha value is -3.36. The minimum atomic E-state index is 0.447. The summed E-state index contributed by atoms with van der Waals surface area (Å²) in [7, 11) is 1.91. The lowest BCUT2D eigenvalue weighted by Gasteiger charge is -2.03. The zero-order valence-electron chi connectivity index (χ0n) is 15.6. The standard InChI is InChI=1S/C22H18ClN5/c1-15-18(21(23)28(26-15)14-16-8-4-3-5-9-16)12-17(13-24)22-25-19-10-6-7-11-20(19)27(22)2/h3-12H,14H2,1-2H3/b17-12+. The Bertz CT molecular complexity index is 1230. The molecule has 0 saturated carbocycles. The van der Waals surface area contributed by atoms with Crippen molar-refractivity contribution >= 4 is 34.3 Å². The Kier molecular flexibility index (Phi) is 4.72. The Morgan fingerprint density at radius 1 is 1.14 bits per heavy atom. The van der Waals surface area contributed by atoms with Crippen molar-refractivity contribution in [3.05, 3.63) is 82.4 Å². The highest BCUT2D eigenvalue weighted by molar-refractivity contribution is 6.31. The number of nitrogens with zero attached hydrogens (tertiary/aromatic N) is 5. The highest BCUT2D eigenvalue weighted by Gasteiger charge is 2.16. The average molecular weight is 388 g/mol. The molecule has 0 saturated heterocycles. The summed E-state index contributed by atoms with van der Waals surface area (Å²) in [6, 6.07) is 20.1. The van der Waals surface area contributed by atoms with E-state index in [4.69, 9.17) is 11.6 Å². The molecule has 0 aliphatic rings. The first-order valence-corrected chi connectivity index (χ1v) is 9.26.